The summed E-state index contributed by atoms with van der Waals surface area (Å²) in [5.74, 6) is 2.12. The van der Waals surface area contributed by atoms with Crippen molar-refractivity contribution in [1.29, 1.82) is 0 Å². The Morgan fingerprint density at radius 2 is 1.93 bits per heavy atom. The maximum absolute atomic E-state index is 10.4. The van der Waals surface area contributed by atoms with Crippen molar-refractivity contribution >= 4 is 10.9 Å². The quantitative estimate of drug-likeness (QED) is 0.576. The molecule has 6 heteroatoms. The molecule has 4 rings (SSSR count). The summed E-state index contributed by atoms with van der Waals surface area (Å²) in [5, 5.41) is 18.6. The third-order valence-corrected chi connectivity index (χ3v) is 4.58. The van der Waals surface area contributed by atoms with Gasteiger partial charge in [-0.05, 0) is 55.3 Å². The number of nitrogens with one attached hydrogen (secondary N) is 1. The fraction of sp³-hybridized carbons (Fsp3) is 0.190. The zero-order valence-corrected chi connectivity index (χ0v) is 15.4. The summed E-state index contributed by atoms with van der Waals surface area (Å²) < 4.78 is 5.21. The lowest BCUT2D eigenvalue weighted by Gasteiger charge is -2.11. The van der Waals surface area contributed by atoms with Crippen LogP contribution in [0.2, 0.25) is 0 Å². The molecule has 0 aliphatic rings. The van der Waals surface area contributed by atoms with Crippen molar-refractivity contribution in [2.75, 3.05) is 7.11 Å². The van der Waals surface area contributed by atoms with E-state index in [1.165, 1.54) is 7.11 Å². The molecule has 0 fully saturated rings. The van der Waals surface area contributed by atoms with Crippen LogP contribution >= 0.6 is 0 Å². The molecule has 2 aromatic carbocycles. The molecule has 0 aliphatic carbocycles. The average molecular weight is 360 g/mol. The number of para-hydroxylation sites is 1. The van der Waals surface area contributed by atoms with Gasteiger partial charge in [-0.3, -0.25) is 5.10 Å². The average Bonchev–Trinajstić information content (AvgIpc) is 3.07. The van der Waals surface area contributed by atoms with E-state index in [-0.39, 0.29) is 5.75 Å². The van der Waals surface area contributed by atoms with Crippen molar-refractivity contribution in [3.05, 3.63) is 65.2 Å². The van der Waals surface area contributed by atoms with Gasteiger partial charge in [0, 0.05) is 17.4 Å². The van der Waals surface area contributed by atoms with E-state index in [2.05, 4.69) is 21.2 Å². The molecule has 0 amide bonds. The number of H-pyrrole nitrogens is 1. The Balaban J connectivity index is 1.75. The number of hydrogen-bond donors (Lipinski definition) is 2. The molecule has 0 aliphatic heterocycles. The van der Waals surface area contributed by atoms with Crippen LogP contribution in [0.25, 0.3) is 22.2 Å². The molecule has 0 radical (unpaired) electrons. The molecule has 0 saturated heterocycles. The maximum Gasteiger partial charge on any atom is 0.167 e. The molecule has 6 nitrogen and oxygen atoms in total. The molecule has 0 spiro atoms. The molecule has 0 unspecified atom stereocenters. The summed E-state index contributed by atoms with van der Waals surface area (Å²) in [6.45, 7) is 3.94. The van der Waals surface area contributed by atoms with Gasteiger partial charge in [0.1, 0.15) is 5.82 Å². The molecular formula is C21H20N4O2. The lowest BCUT2D eigenvalue weighted by molar-refractivity contribution is 0.374. The third-order valence-electron chi connectivity index (χ3n) is 4.58. The van der Waals surface area contributed by atoms with Gasteiger partial charge in [0.2, 0.25) is 0 Å². The van der Waals surface area contributed by atoms with Crippen molar-refractivity contribution < 1.29 is 9.84 Å². The minimum absolute atomic E-state index is 0.0999. The molecule has 136 valence electrons. The first-order valence-electron chi connectivity index (χ1n) is 8.69. The predicted molar refractivity (Wildman–Crippen MR) is 104 cm³/mol. The Kier molecular flexibility index (Phi) is 4.24. The number of aromatic amines is 1. The zero-order chi connectivity index (χ0) is 19.0. The monoisotopic (exact) mass is 360 g/mol. The van der Waals surface area contributed by atoms with Crippen LogP contribution in [0.3, 0.4) is 0 Å². The number of rotatable bonds is 4. The van der Waals surface area contributed by atoms with Crippen LogP contribution in [0.15, 0.2) is 42.5 Å². The number of aryl methyl sites for hydroxylation is 2. The smallest absolute Gasteiger partial charge is 0.167 e. The van der Waals surface area contributed by atoms with Crippen molar-refractivity contribution in [1.82, 2.24) is 20.2 Å². The highest BCUT2D eigenvalue weighted by molar-refractivity contribution is 5.86. The second-order valence-electron chi connectivity index (χ2n) is 6.55. The van der Waals surface area contributed by atoms with Crippen molar-refractivity contribution in [3.63, 3.8) is 0 Å². The van der Waals surface area contributed by atoms with E-state index in [1.54, 1.807) is 6.07 Å². The normalized spacial score (nSPS) is 11.1. The fourth-order valence-corrected chi connectivity index (χ4v) is 3.23. The SMILES string of the molecule is COc1cccc(-c2cc(C)c3cc(Cc4n[nH]c(C)n4)ccc3n2)c1O. The first kappa shape index (κ1) is 17.0. The van der Waals surface area contributed by atoms with Gasteiger partial charge in [-0.15, -0.1) is 0 Å². The van der Waals surface area contributed by atoms with Crippen LogP contribution in [0.5, 0.6) is 11.5 Å². The van der Waals surface area contributed by atoms with Gasteiger partial charge >= 0.3 is 0 Å². The summed E-state index contributed by atoms with van der Waals surface area (Å²) in [6, 6.07) is 13.6. The highest BCUT2D eigenvalue weighted by Crippen LogP contribution is 2.37. The Labute approximate surface area is 156 Å². The standard InChI is InChI=1S/C21H20N4O2/c1-12-9-18(15-5-4-6-19(27-3)21(15)26)23-17-8-7-14(10-16(12)17)11-20-22-13(2)24-25-20/h4-10,26H,11H2,1-3H3,(H,22,24,25). The largest absolute Gasteiger partial charge is 0.504 e. The number of nitrogens with zero attached hydrogens (tertiary/aromatic N) is 3. The summed E-state index contributed by atoms with van der Waals surface area (Å²) in [5.41, 5.74) is 4.46. The molecule has 27 heavy (non-hydrogen) atoms. The van der Waals surface area contributed by atoms with Crippen molar-refractivity contribution in [3.8, 4) is 22.8 Å². The summed E-state index contributed by atoms with van der Waals surface area (Å²) in [7, 11) is 1.54. The van der Waals surface area contributed by atoms with Crippen LogP contribution in [0.1, 0.15) is 22.8 Å². The third kappa shape index (κ3) is 3.21. The Morgan fingerprint density at radius 3 is 2.67 bits per heavy atom. The van der Waals surface area contributed by atoms with E-state index in [1.807, 2.05) is 44.2 Å². The minimum Gasteiger partial charge on any atom is -0.504 e. The molecule has 2 heterocycles. The van der Waals surface area contributed by atoms with Gasteiger partial charge in [0.25, 0.3) is 0 Å². The first-order chi connectivity index (χ1) is 13.0. The lowest BCUT2D eigenvalue weighted by atomic mass is 10.0. The van der Waals surface area contributed by atoms with E-state index in [0.717, 1.165) is 33.7 Å². The summed E-state index contributed by atoms with van der Waals surface area (Å²) in [6.07, 6.45) is 0.665. The Morgan fingerprint density at radius 1 is 1.07 bits per heavy atom. The maximum atomic E-state index is 10.4. The molecule has 2 N–H and O–H groups in total. The number of phenolic OH excluding ortho intramolecular Hbond substituents is 1. The zero-order valence-electron chi connectivity index (χ0n) is 15.4. The molecular weight excluding hydrogens is 340 g/mol. The number of benzene rings is 2. The Hall–Kier alpha value is -3.41. The van der Waals surface area contributed by atoms with Crippen LogP contribution < -0.4 is 4.74 Å². The van der Waals surface area contributed by atoms with Gasteiger partial charge in [-0.1, -0.05) is 12.1 Å². The van der Waals surface area contributed by atoms with Crippen LogP contribution in [0, 0.1) is 13.8 Å². The number of methoxy groups -OCH3 is 1. The van der Waals surface area contributed by atoms with Crippen LogP contribution in [-0.4, -0.2) is 32.4 Å². The van der Waals surface area contributed by atoms with Crippen LogP contribution in [-0.2, 0) is 6.42 Å². The van der Waals surface area contributed by atoms with Crippen molar-refractivity contribution in [2.45, 2.75) is 20.3 Å². The summed E-state index contributed by atoms with van der Waals surface area (Å²) >= 11 is 0. The number of fused-ring (bicyclic) bond motifs is 1. The highest BCUT2D eigenvalue weighted by Gasteiger charge is 2.13. The second kappa shape index (κ2) is 6.72. The van der Waals surface area contributed by atoms with Gasteiger partial charge in [0.05, 0.1) is 18.3 Å². The Bertz CT molecular complexity index is 1130. The minimum atomic E-state index is 0.0999. The number of aromatic nitrogens is 4. The number of aromatic hydroxyl groups is 1. The van der Waals surface area contributed by atoms with E-state index in [9.17, 15) is 5.11 Å². The highest BCUT2D eigenvalue weighted by atomic mass is 16.5. The molecule has 4 aromatic rings. The molecule has 0 bridgehead atoms. The van der Waals surface area contributed by atoms with Gasteiger partial charge in [-0.25, -0.2) is 9.97 Å². The number of hydrogen-bond acceptors (Lipinski definition) is 5. The van der Waals surface area contributed by atoms with Crippen molar-refractivity contribution in [2.24, 2.45) is 0 Å². The topological polar surface area (TPSA) is 83.9 Å². The van der Waals surface area contributed by atoms with Gasteiger partial charge < -0.3 is 9.84 Å². The molecule has 2 aromatic heterocycles. The van der Waals surface area contributed by atoms with E-state index >= 15 is 0 Å². The number of pyridine rings is 1. The van der Waals surface area contributed by atoms with Gasteiger partial charge in [0.15, 0.2) is 17.3 Å². The second-order valence-corrected chi connectivity index (χ2v) is 6.55. The summed E-state index contributed by atoms with van der Waals surface area (Å²) in [4.78, 5) is 9.11. The fourth-order valence-electron chi connectivity index (χ4n) is 3.23. The van der Waals surface area contributed by atoms with E-state index < -0.39 is 0 Å². The number of ether oxygens (including phenoxy) is 1. The molecule has 0 saturated carbocycles. The lowest BCUT2D eigenvalue weighted by Crippen LogP contribution is -1.94. The predicted octanol–water partition coefficient (Wildman–Crippen LogP) is 3.94. The van der Waals surface area contributed by atoms with Crippen LogP contribution in [0.4, 0.5) is 0 Å². The first-order valence-corrected chi connectivity index (χ1v) is 8.69. The van der Waals surface area contributed by atoms with Gasteiger partial charge in [-0.2, -0.15) is 5.10 Å². The number of phenols is 1. The van der Waals surface area contributed by atoms with E-state index in [0.29, 0.717) is 23.4 Å². The van der Waals surface area contributed by atoms with E-state index in [4.69, 9.17) is 9.72 Å². The molecule has 0 atom stereocenters.